The zero-order chi connectivity index (χ0) is 14.0. The lowest BCUT2D eigenvalue weighted by molar-refractivity contribution is 0.0512. The Hall–Kier alpha value is -2.37. The van der Waals surface area contributed by atoms with Crippen LogP contribution in [0.3, 0.4) is 0 Å². The molecule has 1 heterocycles. The minimum atomic E-state index is -0.514. The normalized spacial score (nSPS) is 10.5. The van der Waals surface area contributed by atoms with Crippen molar-refractivity contribution in [2.75, 3.05) is 12.3 Å². The molecule has 19 heavy (non-hydrogen) atoms. The number of aromatic amines is 1. The number of nitrogens with two attached hydrogens (primary N) is 1. The molecule has 1 aromatic carbocycles. The number of H-pyrrole nitrogens is 1. The second-order valence-corrected chi connectivity index (χ2v) is 4.24. The summed E-state index contributed by atoms with van der Waals surface area (Å²) in [5.41, 5.74) is 9.36. The number of aryl methyl sites for hydroxylation is 1. The smallest absolute Gasteiger partial charge is 0.375 e. The van der Waals surface area contributed by atoms with Crippen LogP contribution >= 0.6 is 0 Å². The summed E-state index contributed by atoms with van der Waals surface area (Å²) in [6, 6.07) is 3.68. The molecule has 0 aliphatic rings. The van der Waals surface area contributed by atoms with Gasteiger partial charge in [0.1, 0.15) is 0 Å². The van der Waals surface area contributed by atoms with Crippen LogP contribution in [0.25, 0.3) is 11.4 Å². The maximum Gasteiger partial charge on any atom is 0.375 e. The van der Waals surface area contributed by atoms with Crippen molar-refractivity contribution in [2.24, 2.45) is 0 Å². The van der Waals surface area contributed by atoms with Crippen molar-refractivity contribution < 1.29 is 9.53 Å². The zero-order valence-electron chi connectivity index (χ0n) is 11.2. The first-order valence-electron chi connectivity index (χ1n) is 5.99. The molecule has 6 heteroatoms. The third-order valence-corrected chi connectivity index (χ3v) is 2.88. The van der Waals surface area contributed by atoms with E-state index >= 15 is 0 Å². The highest BCUT2D eigenvalue weighted by Gasteiger charge is 2.15. The van der Waals surface area contributed by atoms with Gasteiger partial charge in [-0.05, 0) is 44.0 Å². The highest BCUT2D eigenvalue weighted by Crippen LogP contribution is 2.25. The molecule has 0 spiro atoms. The van der Waals surface area contributed by atoms with E-state index < -0.39 is 5.97 Å². The lowest BCUT2D eigenvalue weighted by Gasteiger charge is -2.06. The number of benzene rings is 1. The molecule has 0 radical (unpaired) electrons. The lowest BCUT2D eigenvalue weighted by atomic mass is 10.0. The van der Waals surface area contributed by atoms with E-state index in [4.69, 9.17) is 10.5 Å². The van der Waals surface area contributed by atoms with Crippen molar-refractivity contribution in [2.45, 2.75) is 20.8 Å². The summed E-state index contributed by atoms with van der Waals surface area (Å²) in [6.07, 6.45) is 0. The molecule has 0 saturated carbocycles. The summed E-state index contributed by atoms with van der Waals surface area (Å²) in [4.78, 5) is 15.7. The molecule has 2 rings (SSSR count). The third kappa shape index (κ3) is 2.57. The first kappa shape index (κ1) is 13.1. The summed E-state index contributed by atoms with van der Waals surface area (Å²) in [5.74, 6) is 0.0202. The number of carbonyl (C=O) groups is 1. The predicted molar refractivity (Wildman–Crippen MR) is 71.7 cm³/mol. The SMILES string of the molecule is CCOC(=O)c1nc(-c2cc(N)cc(C)c2C)n[nH]1. The molecule has 0 aliphatic heterocycles. The van der Waals surface area contributed by atoms with Gasteiger partial charge in [-0.3, -0.25) is 5.10 Å². The van der Waals surface area contributed by atoms with Crippen LogP contribution in [0, 0.1) is 13.8 Å². The van der Waals surface area contributed by atoms with E-state index in [1.807, 2.05) is 19.9 Å². The number of ether oxygens (including phenoxy) is 1. The Kier molecular flexibility index (Phi) is 3.50. The van der Waals surface area contributed by atoms with Gasteiger partial charge >= 0.3 is 5.97 Å². The molecule has 0 fully saturated rings. The van der Waals surface area contributed by atoms with Crippen LogP contribution in [-0.2, 0) is 4.74 Å². The van der Waals surface area contributed by atoms with Crippen LogP contribution in [0.5, 0.6) is 0 Å². The van der Waals surface area contributed by atoms with E-state index in [0.29, 0.717) is 18.1 Å². The summed E-state index contributed by atoms with van der Waals surface area (Å²) >= 11 is 0. The minimum Gasteiger partial charge on any atom is -0.460 e. The van der Waals surface area contributed by atoms with Crippen LogP contribution in [0.1, 0.15) is 28.7 Å². The van der Waals surface area contributed by atoms with Crippen LogP contribution in [0.2, 0.25) is 0 Å². The number of rotatable bonds is 3. The second kappa shape index (κ2) is 5.09. The minimum absolute atomic E-state index is 0.0938. The van der Waals surface area contributed by atoms with Crippen LogP contribution in [0.4, 0.5) is 5.69 Å². The summed E-state index contributed by atoms with van der Waals surface area (Å²) in [7, 11) is 0. The predicted octanol–water partition coefficient (Wildman–Crippen LogP) is 1.85. The Morgan fingerprint density at radius 3 is 2.84 bits per heavy atom. The first-order valence-corrected chi connectivity index (χ1v) is 5.99. The molecule has 1 aromatic heterocycles. The van der Waals surface area contributed by atoms with Gasteiger partial charge in [0.25, 0.3) is 0 Å². The van der Waals surface area contributed by atoms with Crippen molar-refractivity contribution >= 4 is 11.7 Å². The maximum absolute atomic E-state index is 11.5. The number of nitrogen functional groups attached to an aromatic ring is 1. The largest absolute Gasteiger partial charge is 0.460 e. The molecule has 6 nitrogen and oxygen atoms in total. The van der Waals surface area contributed by atoms with Crippen molar-refractivity contribution in [3.63, 3.8) is 0 Å². The van der Waals surface area contributed by atoms with Gasteiger partial charge in [0, 0.05) is 11.3 Å². The van der Waals surface area contributed by atoms with Gasteiger partial charge in [0.15, 0.2) is 5.82 Å². The average Bonchev–Trinajstić information content (AvgIpc) is 2.83. The maximum atomic E-state index is 11.5. The summed E-state index contributed by atoms with van der Waals surface area (Å²) in [6.45, 7) is 5.96. The average molecular weight is 260 g/mol. The summed E-state index contributed by atoms with van der Waals surface area (Å²) < 4.78 is 4.86. The number of carbonyl (C=O) groups excluding carboxylic acids is 1. The van der Waals surface area contributed by atoms with Gasteiger partial charge < -0.3 is 10.5 Å². The number of anilines is 1. The standard InChI is InChI=1S/C13H16N4O2/c1-4-19-13(18)12-15-11(16-17-12)10-6-9(14)5-7(2)8(10)3/h5-6H,4,14H2,1-3H3,(H,15,16,17). The number of hydrogen-bond donors (Lipinski definition) is 2. The Balaban J connectivity index is 2.41. The highest BCUT2D eigenvalue weighted by molar-refractivity contribution is 5.85. The first-order chi connectivity index (χ1) is 9.02. The topological polar surface area (TPSA) is 93.9 Å². The second-order valence-electron chi connectivity index (χ2n) is 4.24. The molecule has 0 amide bonds. The van der Waals surface area contributed by atoms with Crippen molar-refractivity contribution in [1.82, 2.24) is 15.2 Å². The van der Waals surface area contributed by atoms with E-state index in [1.54, 1.807) is 13.0 Å². The fraction of sp³-hybridized carbons (Fsp3) is 0.308. The van der Waals surface area contributed by atoms with Gasteiger partial charge in [0.2, 0.25) is 5.82 Å². The number of hydrogen-bond acceptors (Lipinski definition) is 5. The monoisotopic (exact) mass is 260 g/mol. The Bertz CT molecular complexity index is 619. The number of nitrogens with one attached hydrogen (secondary N) is 1. The number of esters is 1. The van der Waals surface area contributed by atoms with E-state index in [9.17, 15) is 4.79 Å². The number of nitrogens with zero attached hydrogens (tertiary/aromatic N) is 2. The van der Waals surface area contributed by atoms with Gasteiger partial charge in [0.05, 0.1) is 6.61 Å². The molecule has 0 aliphatic carbocycles. The highest BCUT2D eigenvalue weighted by atomic mass is 16.5. The Labute approximate surface area is 111 Å². The molecular weight excluding hydrogens is 244 g/mol. The van der Waals surface area contributed by atoms with Crippen LogP contribution < -0.4 is 5.73 Å². The molecule has 0 unspecified atom stereocenters. The summed E-state index contributed by atoms with van der Waals surface area (Å²) in [5, 5.41) is 6.62. The van der Waals surface area contributed by atoms with Gasteiger partial charge in [-0.1, -0.05) is 0 Å². The number of aromatic nitrogens is 3. The van der Waals surface area contributed by atoms with Crippen LogP contribution in [-0.4, -0.2) is 27.8 Å². The van der Waals surface area contributed by atoms with Crippen molar-refractivity contribution in [3.05, 3.63) is 29.1 Å². The molecule has 0 saturated heterocycles. The Morgan fingerprint density at radius 2 is 2.16 bits per heavy atom. The van der Waals surface area contributed by atoms with E-state index in [0.717, 1.165) is 16.7 Å². The van der Waals surface area contributed by atoms with Gasteiger partial charge in [-0.25, -0.2) is 9.78 Å². The van der Waals surface area contributed by atoms with Crippen LogP contribution in [0.15, 0.2) is 12.1 Å². The molecule has 100 valence electrons. The van der Waals surface area contributed by atoms with E-state index in [2.05, 4.69) is 15.2 Å². The quantitative estimate of drug-likeness (QED) is 0.648. The molecule has 0 bridgehead atoms. The van der Waals surface area contributed by atoms with Gasteiger partial charge in [-0.15, -0.1) is 0 Å². The van der Waals surface area contributed by atoms with E-state index in [-0.39, 0.29) is 5.82 Å². The lowest BCUT2D eigenvalue weighted by Crippen LogP contribution is -2.06. The zero-order valence-corrected chi connectivity index (χ0v) is 11.2. The molecule has 2 aromatic rings. The van der Waals surface area contributed by atoms with Crippen molar-refractivity contribution in [3.8, 4) is 11.4 Å². The van der Waals surface area contributed by atoms with E-state index in [1.165, 1.54) is 0 Å². The molecular formula is C13H16N4O2. The fourth-order valence-corrected chi connectivity index (χ4v) is 1.79. The Morgan fingerprint density at radius 1 is 1.42 bits per heavy atom. The molecule has 3 N–H and O–H groups in total. The van der Waals surface area contributed by atoms with Crippen molar-refractivity contribution in [1.29, 1.82) is 0 Å². The molecule has 0 atom stereocenters. The van der Waals surface area contributed by atoms with Gasteiger partial charge in [-0.2, -0.15) is 5.10 Å². The third-order valence-electron chi connectivity index (χ3n) is 2.88. The fourth-order valence-electron chi connectivity index (χ4n) is 1.79.